The molecule has 0 aromatic heterocycles. The van der Waals surface area contributed by atoms with Gasteiger partial charge in [0.15, 0.2) is 34.6 Å². The first-order chi connectivity index (χ1) is 26.1. The average Bonchev–Trinajstić information content (AvgIpc) is 3.60. The lowest BCUT2D eigenvalue weighted by molar-refractivity contribution is -0.308. The van der Waals surface area contributed by atoms with Crippen molar-refractivity contribution >= 4 is 40.7 Å². The number of amides is 1. The average molecular weight is 734 g/mol. The summed E-state index contributed by atoms with van der Waals surface area (Å²) in [6, 6.07) is 14.9. The van der Waals surface area contributed by atoms with E-state index in [1.165, 1.54) is 24.5 Å². The van der Waals surface area contributed by atoms with Gasteiger partial charge in [-0.15, -0.1) is 0 Å². The lowest BCUT2D eigenvalue weighted by Gasteiger charge is -2.49. The quantitative estimate of drug-likeness (QED) is 0.200. The summed E-state index contributed by atoms with van der Waals surface area (Å²) in [6.07, 6.45) is -1.45. The summed E-state index contributed by atoms with van der Waals surface area (Å²) in [5, 5.41) is 45.9. The van der Waals surface area contributed by atoms with E-state index in [0.717, 1.165) is 19.3 Å². The number of aliphatic hydroxyl groups is 3. The summed E-state index contributed by atoms with van der Waals surface area (Å²) >= 11 is 0. The molecule has 6 atom stereocenters. The molecule has 6 aliphatic rings. The molecule has 2 bridgehead atoms. The smallest absolute Gasteiger partial charge is 0.302 e. The molecule has 1 amide bonds. The van der Waals surface area contributed by atoms with Crippen molar-refractivity contribution in [3.63, 3.8) is 0 Å². The van der Waals surface area contributed by atoms with Gasteiger partial charge >= 0.3 is 5.91 Å². The van der Waals surface area contributed by atoms with Crippen molar-refractivity contribution in [2.75, 3.05) is 11.6 Å². The summed E-state index contributed by atoms with van der Waals surface area (Å²) in [4.78, 5) is 54.9. The van der Waals surface area contributed by atoms with Crippen LogP contribution < -0.4 is 15.4 Å². The fraction of sp³-hybridized carbons (Fsp3) is 0.333. The molecule has 6 N–H and O–H groups in total. The topological polar surface area (TPSA) is 226 Å². The zero-order valence-corrected chi connectivity index (χ0v) is 28.7. The highest BCUT2D eigenvalue weighted by Crippen LogP contribution is 2.50. The molecular weight excluding hydrogens is 698 g/mol. The maximum absolute atomic E-state index is 14.1. The van der Waals surface area contributed by atoms with Gasteiger partial charge in [-0.05, 0) is 49.5 Å². The molecule has 0 unspecified atom stereocenters. The van der Waals surface area contributed by atoms with E-state index in [-0.39, 0.29) is 57.7 Å². The summed E-state index contributed by atoms with van der Waals surface area (Å²) in [7, 11) is 0. The second kappa shape index (κ2) is 12.7. The van der Waals surface area contributed by atoms with E-state index >= 15 is 0 Å². The van der Waals surface area contributed by atoms with E-state index in [1.54, 1.807) is 47.4 Å². The zero-order valence-electron chi connectivity index (χ0n) is 28.7. The highest BCUT2D eigenvalue weighted by molar-refractivity contribution is 6.72. The van der Waals surface area contributed by atoms with Gasteiger partial charge in [0.05, 0.1) is 11.8 Å². The molecule has 4 heterocycles. The minimum absolute atomic E-state index is 0.00209. The van der Waals surface area contributed by atoms with Crippen molar-refractivity contribution in [3.8, 4) is 11.5 Å². The molecule has 1 saturated heterocycles. The Hall–Kier alpha value is -5.74. The van der Waals surface area contributed by atoms with Gasteiger partial charge in [0, 0.05) is 33.9 Å². The number of anilines is 1. The van der Waals surface area contributed by atoms with Gasteiger partial charge in [0.2, 0.25) is 12.2 Å². The van der Waals surface area contributed by atoms with Crippen LogP contribution >= 0.6 is 0 Å². The number of phenolic OH excluding ortho intramolecular Hbond substituents is 1. The monoisotopic (exact) mass is 733 g/mol. The summed E-state index contributed by atoms with van der Waals surface area (Å²) < 4.78 is 19.3. The van der Waals surface area contributed by atoms with Gasteiger partial charge in [0.1, 0.15) is 36.7 Å². The van der Waals surface area contributed by atoms with Crippen molar-refractivity contribution in [2.45, 2.75) is 74.3 Å². The number of guanidine groups is 1. The first kappa shape index (κ1) is 34.1. The van der Waals surface area contributed by atoms with Crippen LogP contribution in [0.3, 0.4) is 0 Å². The van der Waals surface area contributed by atoms with Gasteiger partial charge in [-0.2, -0.15) is 9.98 Å². The highest BCUT2D eigenvalue weighted by Gasteiger charge is 2.56. The van der Waals surface area contributed by atoms with E-state index in [2.05, 4.69) is 15.0 Å². The maximum Gasteiger partial charge on any atom is 0.302 e. The Labute approximate surface area is 307 Å². The largest absolute Gasteiger partial charge is 0.504 e. The number of allylic oxidation sites excluding steroid dienone is 1. The number of carbonyl (C=O) groups is 3. The fourth-order valence-electron chi connectivity index (χ4n) is 8.50. The second-order valence-corrected chi connectivity index (χ2v) is 14.2. The molecule has 15 heteroatoms. The number of ether oxygens (including phenoxy) is 3. The number of ketones is 2. The molecule has 4 aliphatic heterocycles. The van der Waals surface area contributed by atoms with Crippen LogP contribution in [0.1, 0.15) is 81.0 Å². The van der Waals surface area contributed by atoms with E-state index < -0.39 is 65.4 Å². The number of benzene rings is 3. The third-order valence-electron chi connectivity index (χ3n) is 11.1. The second-order valence-electron chi connectivity index (χ2n) is 14.2. The maximum atomic E-state index is 14.1. The lowest BCUT2D eigenvalue weighted by Crippen LogP contribution is -2.66. The number of aliphatic hydroxyl groups excluding tert-OH is 3. The number of nitrogens with two attached hydrogens (primary N) is 1. The van der Waals surface area contributed by atoms with Crippen LogP contribution in [0, 0.1) is 0 Å². The number of carbonyl (C=O) groups excluding carboxylic acids is 3. The molecule has 276 valence electrons. The van der Waals surface area contributed by atoms with Crippen LogP contribution in [0.2, 0.25) is 0 Å². The van der Waals surface area contributed by atoms with Crippen LogP contribution in [0.5, 0.6) is 11.5 Å². The number of hydrogen-bond acceptors (Lipinski definition) is 14. The third kappa shape index (κ3) is 5.10. The van der Waals surface area contributed by atoms with Crippen molar-refractivity contribution in [3.05, 3.63) is 100 Å². The Bertz CT molecular complexity index is 2260. The van der Waals surface area contributed by atoms with Gasteiger partial charge in [-0.1, -0.05) is 48.9 Å². The first-order valence-corrected chi connectivity index (χ1v) is 17.8. The molecule has 0 radical (unpaired) electrons. The molecule has 3 aromatic carbocycles. The number of fused-ring (bicyclic) bond motifs is 7. The van der Waals surface area contributed by atoms with Crippen molar-refractivity contribution in [1.82, 2.24) is 0 Å². The molecule has 1 saturated carbocycles. The fourth-order valence-corrected chi connectivity index (χ4v) is 8.50. The molecule has 3 aromatic rings. The standard InChI is InChI=1S/C39H35N5O10/c40-38-42-35-26(36(51)43-38)41-17-44(35)24-11-5-4-8-19(24)18-12-15-52-39(13-6-1-7-14-39)34-31(49)30(48)32(50)37(54-34)53-33-22(18)16-23-25(29(33)47)28(46)21-10-3-2-9-20(21)27(23)45/h2-5,8-12,15-16,18,30-32,34,37,47-50H,1,6-7,13-14,17H2,(H2,40,43,51)/b15-12+/t18-,30+,31+,32-,34+,37-/m0/s1. The number of aromatic hydroxyl groups is 1. The number of nitrogens with zero attached hydrogens (tertiary/aromatic N) is 4. The van der Waals surface area contributed by atoms with Gasteiger partial charge < -0.3 is 45.3 Å². The summed E-state index contributed by atoms with van der Waals surface area (Å²) in [6.45, 7) is -0.00209. The molecular formula is C39H35N5O10. The van der Waals surface area contributed by atoms with Crippen LogP contribution in [0.4, 0.5) is 5.69 Å². The number of phenols is 1. The predicted molar refractivity (Wildman–Crippen MR) is 192 cm³/mol. The molecule has 9 rings (SSSR count). The van der Waals surface area contributed by atoms with Gasteiger partial charge in [-0.3, -0.25) is 19.4 Å². The van der Waals surface area contributed by atoms with Crippen LogP contribution in [-0.2, 0) is 14.3 Å². The van der Waals surface area contributed by atoms with E-state index in [1.807, 2.05) is 0 Å². The number of rotatable bonds is 2. The zero-order chi connectivity index (χ0) is 37.5. The molecule has 1 spiro atoms. The summed E-state index contributed by atoms with van der Waals surface area (Å²) in [5.41, 5.74) is 5.91. The molecule has 2 aliphatic carbocycles. The number of hydrogen-bond donors (Lipinski definition) is 5. The number of aliphatic imine (C=N–C) groups is 3. The predicted octanol–water partition coefficient (Wildman–Crippen LogP) is 2.20. The van der Waals surface area contributed by atoms with Crippen LogP contribution in [-0.4, -0.2) is 98.4 Å². The Morgan fingerprint density at radius 3 is 2.33 bits per heavy atom. The number of amidine groups is 1. The first-order valence-electron chi connectivity index (χ1n) is 17.8. The van der Waals surface area contributed by atoms with Crippen molar-refractivity contribution < 1.29 is 49.0 Å². The van der Waals surface area contributed by atoms with E-state index in [0.29, 0.717) is 24.1 Å². The molecule has 15 nitrogen and oxygen atoms in total. The Kier molecular flexibility index (Phi) is 8.01. The Balaban J connectivity index is 1.28. The highest BCUT2D eigenvalue weighted by atomic mass is 16.7. The SMILES string of the molecule is NC1=NC(=O)C2=NCN(c3ccccc3[C@@H]3/C=C/OC4(CCCCC4)[C@@H]4O[C@H](Oc5c3cc3c(c5O)C(=O)c5ccccc5C3=O)[C@@H](O)[C@H](O)[C@H]4O)C2=N1. The minimum atomic E-state index is -1.80. The summed E-state index contributed by atoms with van der Waals surface area (Å²) in [5.74, 6) is -3.69. The Morgan fingerprint density at radius 2 is 1.56 bits per heavy atom. The van der Waals surface area contributed by atoms with Crippen LogP contribution in [0.15, 0.2) is 81.9 Å². The Morgan fingerprint density at radius 1 is 0.833 bits per heavy atom. The molecule has 2 fully saturated rings. The lowest BCUT2D eigenvalue weighted by atomic mass is 9.76. The normalized spacial score (nSPS) is 28.9. The van der Waals surface area contributed by atoms with Gasteiger partial charge in [0.25, 0.3) is 0 Å². The van der Waals surface area contributed by atoms with E-state index in [9.17, 15) is 34.8 Å². The van der Waals surface area contributed by atoms with Crippen LogP contribution in [0.25, 0.3) is 0 Å². The number of para-hydroxylation sites is 1. The van der Waals surface area contributed by atoms with Gasteiger partial charge in [-0.25, -0.2) is 0 Å². The third-order valence-corrected chi connectivity index (χ3v) is 11.1. The van der Waals surface area contributed by atoms with E-state index in [4.69, 9.17) is 19.9 Å². The molecule has 54 heavy (non-hydrogen) atoms. The minimum Gasteiger partial charge on any atom is -0.504 e. The van der Waals surface area contributed by atoms with Crippen molar-refractivity contribution in [2.24, 2.45) is 20.7 Å². The van der Waals surface area contributed by atoms with Crippen molar-refractivity contribution in [1.29, 1.82) is 0 Å².